The normalized spacial score (nSPS) is 22.2. The third-order valence-corrected chi connectivity index (χ3v) is 6.92. The maximum Gasteiger partial charge on any atom is 0.247 e. The van der Waals surface area contributed by atoms with Crippen molar-refractivity contribution in [3.63, 3.8) is 0 Å². The SMILES string of the molecule is C1=C2C(N=C(c3cccc4[nH]ccc34)N1)N1CCOCC1CN2Cc1nnc(-c2ccccc2)o1. The van der Waals surface area contributed by atoms with Gasteiger partial charge in [-0.1, -0.05) is 30.3 Å². The summed E-state index contributed by atoms with van der Waals surface area (Å²) in [6.45, 7) is 3.59. The number of H-pyrrole nitrogens is 1. The van der Waals surface area contributed by atoms with Crippen LogP contribution in [0, 0.1) is 0 Å². The third-order valence-electron chi connectivity index (χ3n) is 6.92. The van der Waals surface area contributed by atoms with E-state index in [1.807, 2.05) is 36.5 Å². The summed E-state index contributed by atoms with van der Waals surface area (Å²) in [4.78, 5) is 13.2. The summed E-state index contributed by atoms with van der Waals surface area (Å²) in [7, 11) is 0. The summed E-state index contributed by atoms with van der Waals surface area (Å²) in [5.41, 5.74) is 4.21. The molecule has 3 aliphatic rings. The van der Waals surface area contributed by atoms with Crippen LogP contribution in [0.1, 0.15) is 11.5 Å². The molecule has 5 heterocycles. The van der Waals surface area contributed by atoms with E-state index < -0.39 is 0 Å². The van der Waals surface area contributed by atoms with Gasteiger partial charge in [-0.05, 0) is 24.3 Å². The van der Waals surface area contributed by atoms with Gasteiger partial charge in [-0.3, -0.25) is 4.90 Å². The Labute approximate surface area is 202 Å². The Balaban J connectivity index is 1.20. The van der Waals surface area contributed by atoms with Gasteiger partial charge in [0.1, 0.15) is 12.0 Å². The average Bonchev–Trinajstić information content (AvgIpc) is 3.59. The van der Waals surface area contributed by atoms with E-state index >= 15 is 0 Å². The summed E-state index contributed by atoms with van der Waals surface area (Å²) in [6, 6.07) is 18.4. The van der Waals surface area contributed by atoms with E-state index in [0.29, 0.717) is 24.9 Å². The number of hydrogen-bond donors (Lipinski definition) is 2. The second kappa shape index (κ2) is 8.37. The number of hydrogen-bond acceptors (Lipinski definition) is 8. The van der Waals surface area contributed by atoms with Crippen molar-refractivity contribution in [2.24, 2.45) is 4.99 Å². The van der Waals surface area contributed by atoms with Crippen LogP contribution < -0.4 is 5.32 Å². The maximum atomic E-state index is 6.02. The molecule has 2 unspecified atom stereocenters. The van der Waals surface area contributed by atoms with Gasteiger partial charge in [0, 0.05) is 47.5 Å². The lowest BCUT2D eigenvalue weighted by molar-refractivity contribution is -0.0563. The third kappa shape index (κ3) is 3.60. The molecule has 2 aromatic heterocycles. The van der Waals surface area contributed by atoms with E-state index in [4.69, 9.17) is 14.1 Å². The Morgan fingerprint density at radius 3 is 2.91 bits per heavy atom. The van der Waals surface area contributed by atoms with Gasteiger partial charge >= 0.3 is 0 Å². The molecule has 2 fully saturated rings. The average molecular weight is 468 g/mol. The molecule has 0 bridgehead atoms. The van der Waals surface area contributed by atoms with Crippen LogP contribution in [0.5, 0.6) is 0 Å². The predicted octanol–water partition coefficient (Wildman–Crippen LogP) is 2.95. The van der Waals surface area contributed by atoms with Gasteiger partial charge in [0.2, 0.25) is 11.8 Å². The Morgan fingerprint density at radius 1 is 1.03 bits per heavy atom. The van der Waals surface area contributed by atoms with Gasteiger partial charge in [-0.25, -0.2) is 4.99 Å². The van der Waals surface area contributed by atoms with Crippen LogP contribution in [0.3, 0.4) is 0 Å². The second-order valence-electron chi connectivity index (χ2n) is 9.02. The minimum atomic E-state index is -0.0976. The molecule has 176 valence electrons. The van der Waals surface area contributed by atoms with Crippen molar-refractivity contribution < 1.29 is 9.15 Å². The summed E-state index contributed by atoms with van der Waals surface area (Å²) in [5.74, 6) is 1.99. The topological polar surface area (TPSA) is 94.8 Å². The number of morpholine rings is 1. The molecule has 0 spiro atoms. The molecule has 3 aliphatic heterocycles. The second-order valence-corrected chi connectivity index (χ2v) is 9.02. The highest BCUT2D eigenvalue weighted by Crippen LogP contribution is 2.32. The fourth-order valence-electron chi connectivity index (χ4n) is 5.22. The highest BCUT2D eigenvalue weighted by atomic mass is 16.5. The van der Waals surface area contributed by atoms with E-state index in [2.05, 4.69) is 60.8 Å². The smallest absolute Gasteiger partial charge is 0.247 e. The van der Waals surface area contributed by atoms with Crippen LogP contribution in [0.25, 0.3) is 22.4 Å². The summed E-state index contributed by atoms with van der Waals surface area (Å²) < 4.78 is 11.9. The van der Waals surface area contributed by atoms with Gasteiger partial charge < -0.3 is 24.4 Å². The zero-order valence-corrected chi connectivity index (χ0v) is 19.1. The highest BCUT2D eigenvalue weighted by molar-refractivity contribution is 6.10. The first kappa shape index (κ1) is 20.4. The number of nitrogens with zero attached hydrogens (tertiary/aromatic N) is 5. The van der Waals surface area contributed by atoms with Gasteiger partial charge in [0.05, 0.1) is 31.5 Å². The molecule has 2 aromatic carbocycles. The van der Waals surface area contributed by atoms with Gasteiger partial charge in [0.15, 0.2) is 0 Å². The zero-order chi connectivity index (χ0) is 23.2. The number of aromatic amines is 1. The molecule has 9 heteroatoms. The maximum absolute atomic E-state index is 6.02. The lowest BCUT2D eigenvalue weighted by Crippen LogP contribution is -2.62. The Kier molecular flexibility index (Phi) is 4.88. The van der Waals surface area contributed by atoms with Crippen molar-refractivity contribution in [2.75, 3.05) is 26.3 Å². The first-order valence-corrected chi connectivity index (χ1v) is 11.9. The number of piperazine rings is 1. The van der Waals surface area contributed by atoms with E-state index in [9.17, 15) is 0 Å². The predicted molar refractivity (Wildman–Crippen MR) is 131 cm³/mol. The number of benzene rings is 2. The highest BCUT2D eigenvalue weighted by Gasteiger charge is 2.41. The van der Waals surface area contributed by atoms with Crippen molar-refractivity contribution in [1.82, 2.24) is 30.3 Å². The fourth-order valence-corrected chi connectivity index (χ4v) is 5.22. The number of fused-ring (bicyclic) bond motifs is 4. The number of ether oxygens (including phenoxy) is 1. The molecular weight excluding hydrogens is 442 g/mol. The molecular formula is C26H25N7O2. The first-order valence-electron chi connectivity index (χ1n) is 11.9. The van der Waals surface area contributed by atoms with Gasteiger partial charge in [-0.15, -0.1) is 10.2 Å². The van der Waals surface area contributed by atoms with Crippen molar-refractivity contribution in [2.45, 2.75) is 18.8 Å². The lowest BCUT2D eigenvalue weighted by atomic mass is 10.0. The molecule has 2 atom stereocenters. The van der Waals surface area contributed by atoms with Crippen LogP contribution in [0.15, 0.2) is 82.1 Å². The molecule has 9 nitrogen and oxygen atoms in total. The van der Waals surface area contributed by atoms with Crippen LogP contribution >= 0.6 is 0 Å². The van der Waals surface area contributed by atoms with Gasteiger partial charge in [-0.2, -0.15) is 0 Å². The fraction of sp³-hybridized carbons (Fsp3) is 0.269. The van der Waals surface area contributed by atoms with Crippen LogP contribution in [0.4, 0.5) is 0 Å². The van der Waals surface area contributed by atoms with E-state index in [1.165, 1.54) is 0 Å². The largest absolute Gasteiger partial charge is 0.419 e. The number of nitrogens with one attached hydrogen (secondary N) is 2. The standard InChI is InChI=1S/C26H25N7O2/c1-2-5-17(6-3-1)26-31-30-23(35-26)15-32-14-18-16-34-12-11-33(18)25-22(32)13-28-24(29-25)20-7-4-8-21-19(20)9-10-27-21/h1-10,13,18,25,27H,11-12,14-16H2,(H,28,29). The molecule has 35 heavy (non-hydrogen) atoms. The number of rotatable bonds is 4. The number of aromatic nitrogens is 3. The monoisotopic (exact) mass is 467 g/mol. The van der Waals surface area contributed by atoms with Crippen molar-refractivity contribution in [3.8, 4) is 11.5 Å². The Bertz CT molecular complexity index is 1420. The molecule has 7 rings (SSSR count). The van der Waals surface area contributed by atoms with Crippen molar-refractivity contribution in [1.29, 1.82) is 0 Å². The van der Waals surface area contributed by atoms with Crippen LogP contribution in [-0.2, 0) is 11.3 Å². The van der Waals surface area contributed by atoms with E-state index in [-0.39, 0.29) is 12.2 Å². The molecule has 0 aliphatic carbocycles. The molecule has 4 aromatic rings. The van der Waals surface area contributed by atoms with Gasteiger partial charge in [0.25, 0.3) is 0 Å². The summed E-state index contributed by atoms with van der Waals surface area (Å²) >= 11 is 0. The zero-order valence-electron chi connectivity index (χ0n) is 19.1. The first-order chi connectivity index (χ1) is 17.3. The molecule has 2 saturated heterocycles. The van der Waals surface area contributed by atoms with E-state index in [1.54, 1.807) is 0 Å². The molecule has 2 N–H and O–H groups in total. The Morgan fingerprint density at radius 2 is 1.97 bits per heavy atom. The molecule has 0 radical (unpaired) electrons. The molecule has 0 amide bonds. The summed E-state index contributed by atoms with van der Waals surface area (Å²) in [5, 5.41) is 13.2. The van der Waals surface area contributed by atoms with Crippen LogP contribution in [-0.4, -0.2) is 69.3 Å². The quantitative estimate of drug-likeness (QED) is 0.477. The van der Waals surface area contributed by atoms with Crippen molar-refractivity contribution >= 4 is 16.7 Å². The van der Waals surface area contributed by atoms with E-state index in [0.717, 1.165) is 53.3 Å². The minimum Gasteiger partial charge on any atom is -0.419 e. The lowest BCUT2D eigenvalue weighted by Gasteiger charge is -2.50. The van der Waals surface area contributed by atoms with Crippen LogP contribution in [0.2, 0.25) is 0 Å². The minimum absolute atomic E-state index is 0.0976. The van der Waals surface area contributed by atoms with Crippen molar-refractivity contribution in [3.05, 3.63) is 84.1 Å². The Hall–Kier alpha value is -3.95. The number of amidine groups is 1. The molecule has 0 saturated carbocycles. The summed E-state index contributed by atoms with van der Waals surface area (Å²) in [6.07, 6.45) is 3.95. The number of aliphatic imine (C=N–C) groups is 1.